The van der Waals surface area contributed by atoms with Gasteiger partial charge in [0.05, 0.1) is 34.6 Å². The molecule has 0 atom stereocenters. The Bertz CT molecular complexity index is 1110. The highest BCUT2D eigenvalue weighted by Crippen LogP contribution is 2.15. The predicted molar refractivity (Wildman–Crippen MR) is 90.7 cm³/mol. The SMILES string of the molecule is O=C(Cn1cnc2ccccc2c1=O)Nc1ccc2nc[nH]c2c1. The van der Waals surface area contributed by atoms with Crippen LogP contribution in [0.4, 0.5) is 5.69 Å². The van der Waals surface area contributed by atoms with Gasteiger partial charge in [-0.25, -0.2) is 9.97 Å². The topological polar surface area (TPSA) is 92.7 Å². The third-order valence-corrected chi connectivity index (χ3v) is 3.75. The van der Waals surface area contributed by atoms with Gasteiger partial charge >= 0.3 is 0 Å². The van der Waals surface area contributed by atoms with Gasteiger partial charge < -0.3 is 10.3 Å². The van der Waals surface area contributed by atoms with Crippen LogP contribution in [-0.2, 0) is 11.3 Å². The first-order valence-corrected chi connectivity index (χ1v) is 7.38. The van der Waals surface area contributed by atoms with E-state index in [4.69, 9.17) is 0 Å². The number of aromatic amines is 1. The summed E-state index contributed by atoms with van der Waals surface area (Å²) in [4.78, 5) is 35.9. The van der Waals surface area contributed by atoms with Crippen LogP contribution >= 0.6 is 0 Å². The highest BCUT2D eigenvalue weighted by atomic mass is 16.2. The number of carbonyl (C=O) groups is 1. The van der Waals surface area contributed by atoms with Crippen LogP contribution in [0.25, 0.3) is 21.9 Å². The van der Waals surface area contributed by atoms with Gasteiger partial charge in [0.15, 0.2) is 0 Å². The lowest BCUT2D eigenvalue weighted by atomic mass is 10.2. The minimum Gasteiger partial charge on any atom is -0.345 e. The van der Waals surface area contributed by atoms with Crippen LogP contribution in [0.2, 0.25) is 0 Å². The van der Waals surface area contributed by atoms with Gasteiger partial charge in [0.2, 0.25) is 5.91 Å². The van der Waals surface area contributed by atoms with E-state index in [-0.39, 0.29) is 18.0 Å². The van der Waals surface area contributed by atoms with E-state index in [1.54, 1.807) is 36.7 Å². The number of anilines is 1. The zero-order chi connectivity index (χ0) is 16.5. The summed E-state index contributed by atoms with van der Waals surface area (Å²) in [5.74, 6) is -0.298. The molecule has 0 saturated heterocycles. The molecule has 0 aliphatic rings. The van der Waals surface area contributed by atoms with Gasteiger partial charge in [-0.1, -0.05) is 12.1 Å². The number of nitrogens with zero attached hydrogens (tertiary/aromatic N) is 3. The fourth-order valence-corrected chi connectivity index (χ4v) is 2.59. The maximum absolute atomic E-state index is 12.4. The van der Waals surface area contributed by atoms with Crippen molar-refractivity contribution in [3.8, 4) is 0 Å². The molecule has 0 radical (unpaired) electrons. The maximum atomic E-state index is 12.4. The van der Waals surface area contributed by atoms with Crippen LogP contribution in [0, 0.1) is 0 Å². The molecule has 2 aromatic carbocycles. The van der Waals surface area contributed by atoms with E-state index < -0.39 is 0 Å². The third-order valence-electron chi connectivity index (χ3n) is 3.75. The van der Waals surface area contributed by atoms with Gasteiger partial charge in [-0.15, -0.1) is 0 Å². The summed E-state index contributed by atoms with van der Waals surface area (Å²) in [6, 6.07) is 12.4. The maximum Gasteiger partial charge on any atom is 0.261 e. The molecule has 2 N–H and O–H groups in total. The number of hydrogen-bond donors (Lipinski definition) is 2. The van der Waals surface area contributed by atoms with Crippen molar-refractivity contribution < 1.29 is 4.79 Å². The Kier molecular flexibility index (Phi) is 3.31. The first-order valence-electron chi connectivity index (χ1n) is 7.38. The third kappa shape index (κ3) is 2.52. The number of H-pyrrole nitrogens is 1. The normalized spacial score (nSPS) is 11.0. The van der Waals surface area contributed by atoms with Crippen molar-refractivity contribution in [2.75, 3.05) is 5.32 Å². The summed E-state index contributed by atoms with van der Waals surface area (Å²) in [6.45, 7) is -0.0995. The molecule has 2 aromatic heterocycles. The molecule has 0 aliphatic heterocycles. The van der Waals surface area contributed by atoms with E-state index >= 15 is 0 Å². The number of para-hydroxylation sites is 1. The minimum absolute atomic E-state index is 0.0995. The molecular formula is C17H13N5O2. The molecule has 0 bridgehead atoms. The average Bonchev–Trinajstić information content (AvgIpc) is 3.05. The Hall–Kier alpha value is -3.48. The minimum atomic E-state index is -0.298. The van der Waals surface area contributed by atoms with E-state index in [9.17, 15) is 9.59 Å². The first-order chi connectivity index (χ1) is 11.7. The second-order valence-electron chi connectivity index (χ2n) is 5.38. The summed E-state index contributed by atoms with van der Waals surface area (Å²) in [5, 5.41) is 3.27. The lowest BCUT2D eigenvalue weighted by molar-refractivity contribution is -0.116. The molecule has 4 aromatic rings. The van der Waals surface area contributed by atoms with Crippen LogP contribution in [0.3, 0.4) is 0 Å². The summed E-state index contributed by atoms with van der Waals surface area (Å²) >= 11 is 0. The number of rotatable bonds is 3. The monoisotopic (exact) mass is 319 g/mol. The fraction of sp³-hybridized carbons (Fsp3) is 0.0588. The first kappa shape index (κ1) is 14.1. The Morgan fingerprint density at radius 1 is 1.12 bits per heavy atom. The molecule has 1 amide bonds. The molecule has 0 saturated carbocycles. The number of hydrogen-bond acceptors (Lipinski definition) is 4. The van der Waals surface area contributed by atoms with Gasteiger partial charge in [0, 0.05) is 5.69 Å². The summed E-state index contributed by atoms with van der Waals surface area (Å²) in [7, 11) is 0. The molecule has 2 heterocycles. The molecule has 0 unspecified atom stereocenters. The van der Waals surface area contributed by atoms with Crippen molar-refractivity contribution in [1.82, 2.24) is 19.5 Å². The van der Waals surface area contributed by atoms with Crippen LogP contribution in [0.15, 0.2) is 59.9 Å². The zero-order valence-corrected chi connectivity index (χ0v) is 12.6. The Balaban J connectivity index is 1.57. The standard InChI is InChI=1S/C17H13N5O2/c23-16(21-11-5-6-14-15(7-11)19-9-18-14)8-22-10-20-13-4-2-1-3-12(13)17(22)24/h1-7,9-10H,8H2,(H,18,19)(H,21,23). The number of amides is 1. The lowest BCUT2D eigenvalue weighted by Crippen LogP contribution is -2.27. The molecular weight excluding hydrogens is 306 g/mol. The Labute approximate surface area is 136 Å². The summed E-state index contributed by atoms with van der Waals surface area (Å²) < 4.78 is 1.30. The van der Waals surface area contributed by atoms with Crippen LogP contribution < -0.4 is 10.9 Å². The Morgan fingerprint density at radius 2 is 2.00 bits per heavy atom. The van der Waals surface area contributed by atoms with E-state index in [0.29, 0.717) is 16.6 Å². The quantitative estimate of drug-likeness (QED) is 0.603. The summed E-state index contributed by atoms with van der Waals surface area (Å²) in [5.41, 5.74) is 2.67. The lowest BCUT2D eigenvalue weighted by Gasteiger charge is -2.08. The number of aromatic nitrogens is 4. The molecule has 7 nitrogen and oxygen atoms in total. The second-order valence-corrected chi connectivity index (χ2v) is 5.38. The smallest absolute Gasteiger partial charge is 0.261 e. The van der Waals surface area contributed by atoms with Crippen molar-refractivity contribution in [3.05, 3.63) is 65.5 Å². The average molecular weight is 319 g/mol. The van der Waals surface area contributed by atoms with Gasteiger partial charge in [-0.3, -0.25) is 14.2 Å². The zero-order valence-electron chi connectivity index (χ0n) is 12.6. The number of fused-ring (bicyclic) bond motifs is 2. The second kappa shape index (κ2) is 5.62. The molecule has 0 fully saturated rings. The van der Waals surface area contributed by atoms with Crippen LogP contribution in [-0.4, -0.2) is 25.4 Å². The molecule has 4 rings (SSSR count). The Morgan fingerprint density at radius 3 is 2.92 bits per heavy atom. The molecule has 7 heteroatoms. The number of benzene rings is 2. The van der Waals surface area contributed by atoms with Crippen molar-refractivity contribution in [2.24, 2.45) is 0 Å². The fourth-order valence-electron chi connectivity index (χ4n) is 2.59. The number of carbonyl (C=O) groups excluding carboxylic acids is 1. The number of imidazole rings is 1. The molecule has 0 aliphatic carbocycles. The van der Waals surface area contributed by atoms with Crippen molar-refractivity contribution in [3.63, 3.8) is 0 Å². The van der Waals surface area contributed by atoms with Crippen molar-refractivity contribution in [1.29, 1.82) is 0 Å². The van der Waals surface area contributed by atoms with Crippen LogP contribution in [0.1, 0.15) is 0 Å². The highest BCUT2D eigenvalue weighted by molar-refractivity contribution is 5.93. The van der Waals surface area contributed by atoms with Gasteiger partial charge in [-0.2, -0.15) is 0 Å². The molecule has 118 valence electrons. The van der Waals surface area contributed by atoms with Crippen molar-refractivity contribution >= 4 is 33.5 Å². The van der Waals surface area contributed by atoms with E-state index in [0.717, 1.165) is 11.0 Å². The van der Waals surface area contributed by atoms with E-state index in [2.05, 4.69) is 20.3 Å². The molecule has 24 heavy (non-hydrogen) atoms. The number of nitrogens with one attached hydrogen (secondary N) is 2. The predicted octanol–water partition coefficient (Wildman–Crippen LogP) is 1.91. The highest BCUT2D eigenvalue weighted by Gasteiger charge is 2.09. The van der Waals surface area contributed by atoms with Gasteiger partial charge in [0.1, 0.15) is 6.54 Å². The van der Waals surface area contributed by atoms with Crippen LogP contribution in [0.5, 0.6) is 0 Å². The van der Waals surface area contributed by atoms with Crippen molar-refractivity contribution in [2.45, 2.75) is 6.54 Å². The molecule has 0 spiro atoms. The largest absolute Gasteiger partial charge is 0.345 e. The van der Waals surface area contributed by atoms with Gasteiger partial charge in [0.25, 0.3) is 5.56 Å². The van der Waals surface area contributed by atoms with Gasteiger partial charge in [-0.05, 0) is 30.3 Å². The van der Waals surface area contributed by atoms with E-state index in [1.165, 1.54) is 10.9 Å². The van der Waals surface area contributed by atoms with E-state index in [1.807, 2.05) is 12.1 Å². The summed E-state index contributed by atoms with van der Waals surface area (Å²) in [6.07, 6.45) is 2.99.